The number of H-pyrrole nitrogens is 1. The average molecular weight is 193 g/mol. The molecule has 0 spiro atoms. The van der Waals surface area contributed by atoms with Gasteiger partial charge in [0, 0.05) is 17.9 Å². The number of hydrogen-bond donors (Lipinski definition) is 2. The van der Waals surface area contributed by atoms with Gasteiger partial charge in [0.2, 0.25) is 0 Å². The van der Waals surface area contributed by atoms with E-state index in [1.807, 2.05) is 6.20 Å². The molecule has 14 heavy (non-hydrogen) atoms. The van der Waals surface area contributed by atoms with E-state index in [2.05, 4.69) is 41.4 Å². The quantitative estimate of drug-likeness (QED) is 0.759. The first-order valence-electron chi connectivity index (χ1n) is 5.32. The molecule has 2 atom stereocenters. The minimum absolute atomic E-state index is 0.479. The van der Waals surface area contributed by atoms with Crippen LogP contribution in [0.4, 0.5) is 0 Å². The van der Waals surface area contributed by atoms with Crippen molar-refractivity contribution in [2.75, 3.05) is 20.6 Å². The van der Waals surface area contributed by atoms with Crippen LogP contribution in [0.15, 0.2) is 18.3 Å². The molecule has 1 aromatic heterocycles. The van der Waals surface area contributed by atoms with Crippen LogP contribution in [0.1, 0.15) is 24.6 Å². The fraction of sp³-hybridized carbons (Fsp3) is 0.636. The molecule has 1 aliphatic heterocycles. The predicted molar refractivity (Wildman–Crippen MR) is 58.2 cm³/mol. The maximum Gasteiger partial charge on any atom is 0.0648 e. The summed E-state index contributed by atoms with van der Waals surface area (Å²) in [5, 5.41) is 3.56. The van der Waals surface area contributed by atoms with Gasteiger partial charge < -0.3 is 10.3 Å². The monoisotopic (exact) mass is 193 g/mol. The Morgan fingerprint density at radius 1 is 1.50 bits per heavy atom. The Balaban J connectivity index is 2.15. The molecule has 2 unspecified atom stereocenters. The first-order chi connectivity index (χ1) is 6.79. The van der Waals surface area contributed by atoms with Crippen LogP contribution in [0.5, 0.6) is 0 Å². The number of hydrogen-bond acceptors (Lipinski definition) is 2. The van der Waals surface area contributed by atoms with Crippen molar-refractivity contribution < 1.29 is 0 Å². The highest BCUT2D eigenvalue weighted by molar-refractivity contribution is 5.12. The first kappa shape index (κ1) is 9.74. The number of aromatic nitrogens is 1. The Hall–Kier alpha value is -0.800. The molecule has 1 aliphatic rings. The van der Waals surface area contributed by atoms with Crippen molar-refractivity contribution in [1.82, 2.24) is 15.2 Å². The van der Waals surface area contributed by atoms with Crippen LogP contribution in [-0.2, 0) is 0 Å². The molecule has 3 heteroatoms. The molecular weight excluding hydrogens is 174 g/mol. The maximum absolute atomic E-state index is 3.56. The summed E-state index contributed by atoms with van der Waals surface area (Å²) in [5.74, 6) is 0. The van der Waals surface area contributed by atoms with Crippen LogP contribution in [-0.4, -0.2) is 36.6 Å². The van der Waals surface area contributed by atoms with E-state index >= 15 is 0 Å². The lowest BCUT2D eigenvalue weighted by Gasteiger charge is -2.29. The van der Waals surface area contributed by atoms with Crippen molar-refractivity contribution in [1.29, 1.82) is 0 Å². The van der Waals surface area contributed by atoms with Crippen molar-refractivity contribution in [3.63, 3.8) is 0 Å². The van der Waals surface area contributed by atoms with Crippen molar-refractivity contribution in [2.45, 2.75) is 24.9 Å². The Morgan fingerprint density at radius 3 is 2.86 bits per heavy atom. The largest absolute Gasteiger partial charge is 0.364 e. The van der Waals surface area contributed by atoms with E-state index in [0.29, 0.717) is 12.1 Å². The minimum atomic E-state index is 0.479. The van der Waals surface area contributed by atoms with E-state index in [9.17, 15) is 0 Å². The molecular formula is C11H19N3. The van der Waals surface area contributed by atoms with E-state index in [0.717, 1.165) is 6.54 Å². The number of nitrogens with one attached hydrogen (secondary N) is 2. The molecule has 0 bridgehead atoms. The van der Waals surface area contributed by atoms with Crippen molar-refractivity contribution >= 4 is 0 Å². The van der Waals surface area contributed by atoms with E-state index in [1.165, 1.54) is 18.5 Å². The third-order valence-electron chi connectivity index (χ3n) is 2.98. The summed E-state index contributed by atoms with van der Waals surface area (Å²) < 4.78 is 0. The van der Waals surface area contributed by atoms with E-state index in [4.69, 9.17) is 0 Å². The van der Waals surface area contributed by atoms with Gasteiger partial charge in [-0.3, -0.25) is 4.90 Å². The van der Waals surface area contributed by atoms with E-state index in [1.54, 1.807) is 0 Å². The standard InChI is InChI=1S/C11H19N3/c1-14(2)11(9-5-3-7-12-9)10-6-4-8-13-10/h3,5,7,10-13H,4,6,8H2,1-2H3. The van der Waals surface area contributed by atoms with Crippen molar-refractivity contribution in [2.24, 2.45) is 0 Å². The number of aromatic amines is 1. The highest BCUT2D eigenvalue weighted by atomic mass is 15.2. The van der Waals surface area contributed by atoms with Crippen LogP contribution < -0.4 is 5.32 Å². The molecule has 3 nitrogen and oxygen atoms in total. The Bertz CT molecular complexity index is 260. The van der Waals surface area contributed by atoms with Crippen LogP contribution in [0.2, 0.25) is 0 Å². The second-order valence-corrected chi connectivity index (χ2v) is 4.24. The summed E-state index contributed by atoms with van der Waals surface area (Å²) >= 11 is 0. The average Bonchev–Trinajstić information content (AvgIpc) is 2.75. The summed E-state index contributed by atoms with van der Waals surface area (Å²) in [6.07, 6.45) is 4.58. The summed E-state index contributed by atoms with van der Waals surface area (Å²) in [6.45, 7) is 1.16. The summed E-state index contributed by atoms with van der Waals surface area (Å²) in [4.78, 5) is 5.60. The fourth-order valence-electron chi connectivity index (χ4n) is 2.36. The van der Waals surface area contributed by atoms with E-state index < -0.39 is 0 Å². The molecule has 2 heterocycles. The van der Waals surface area contributed by atoms with Gasteiger partial charge >= 0.3 is 0 Å². The van der Waals surface area contributed by atoms with Crippen LogP contribution in [0.3, 0.4) is 0 Å². The summed E-state index contributed by atoms with van der Waals surface area (Å²) in [5.41, 5.74) is 1.31. The summed E-state index contributed by atoms with van der Waals surface area (Å²) in [6, 6.07) is 5.32. The van der Waals surface area contributed by atoms with Gasteiger partial charge in [0.05, 0.1) is 6.04 Å². The van der Waals surface area contributed by atoms with Gasteiger partial charge in [0.25, 0.3) is 0 Å². The second kappa shape index (κ2) is 4.15. The van der Waals surface area contributed by atoms with Gasteiger partial charge in [0.15, 0.2) is 0 Å². The molecule has 2 N–H and O–H groups in total. The van der Waals surface area contributed by atoms with Gasteiger partial charge in [-0.05, 0) is 45.6 Å². The lowest BCUT2D eigenvalue weighted by molar-refractivity contribution is 0.240. The third-order valence-corrected chi connectivity index (χ3v) is 2.98. The zero-order chi connectivity index (χ0) is 9.97. The van der Waals surface area contributed by atoms with Crippen molar-refractivity contribution in [3.05, 3.63) is 24.0 Å². The molecule has 0 saturated carbocycles. The molecule has 0 aromatic carbocycles. The SMILES string of the molecule is CN(C)C(c1ccc[nH]1)C1CCCN1. The zero-order valence-electron chi connectivity index (χ0n) is 8.96. The third kappa shape index (κ3) is 1.83. The molecule has 0 radical (unpaired) electrons. The smallest absolute Gasteiger partial charge is 0.0648 e. The molecule has 2 rings (SSSR count). The normalized spacial score (nSPS) is 24.4. The molecule has 78 valence electrons. The number of likely N-dealkylation sites (N-methyl/N-ethyl adjacent to an activating group) is 1. The van der Waals surface area contributed by atoms with Crippen LogP contribution >= 0.6 is 0 Å². The lowest BCUT2D eigenvalue weighted by atomic mass is 10.0. The zero-order valence-corrected chi connectivity index (χ0v) is 8.96. The van der Waals surface area contributed by atoms with Gasteiger partial charge in [-0.15, -0.1) is 0 Å². The topological polar surface area (TPSA) is 31.1 Å². The highest BCUT2D eigenvalue weighted by Crippen LogP contribution is 2.25. The van der Waals surface area contributed by atoms with Gasteiger partial charge in [-0.1, -0.05) is 0 Å². The maximum atomic E-state index is 3.56. The summed E-state index contributed by atoms with van der Waals surface area (Å²) in [7, 11) is 4.29. The molecule has 1 fully saturated rings. The van der Waals surface area contributed by atoms with Gasteiger partial charge in [0.1, 0.15) is 0 Å². The molecule has 0 amide bonds. The molecule has 0 aliphatic carbocycles. The van der Waals surface area contributed by atoms with Crippen LogP contribution in [0, 0.1) is 0 Å². The minimum Gasteiger partial charge on any atom is -0.364 e. The van der Waals surface area contributed by atoms with Crippen molar-refractivity contribution in [3.8, 4) is 0 Å². The Morgan fingerprint density at radius 2 is 2.36 bits per heavy atom. The Kier molecular flexibility index (Phi) is 2.89. The lowest BCUT2D eigenvalue weighted by Crippen LogP contribution is -2.37. The number of nitrogens with zero attached hydrogens (tertiary/aromatic N) is 1. The van der Waals surface area contributed by atoms with Gasteiger partial charge in [-0.25, -0.2) is 0 Å². The Labute approximate surface area is 85.5 Å². The second-order valence-electron chi connectivity index (χ2n) is 4.24. The van der Waals surface area contributed by atoms with Crippen LogP contribution in [0.25, 0.3) is 0 Å². The highest BCUT2D eigenvalue weighted by Gasteiger charge is 2.27. The van der Waals surface area contributed by atoms with Gasteiger partial charge in [-0.2, -0.15) is 0 Å². The van der Waals surface area contributed by atoms with E-state index in [-0.39, 0.29) is 0 Å². The molecule has 1 aromatic rings. The fourth-order valence-corrected chi connectivity index (χ4v) is 2.36. The number of rotatable bonds is 3. The first-order valence-corrected chi connectivity index (χ1v) is 5.32. The predicted octanol–water partition coefficient (Wildman–Crippen LogP) is 1.37. The molecule has 1 saturated heterocycles.